The molecule has 1 heterocycles. The van der Waals surface area contributed by atoms with Crippen molar-refractivity contribution in [3.63, 3.8) is 0 Å². The number of benzene rings is 2. The van der Waals surface area contributed by atoms with Gasteiger partial charge < -0.3 is 0 Å². The van der Waals surface area contributed by atoms with Crippen molar-refractivity contribution in [3.8, 4) is 0 Å². The summed E-state index contributed by atoms with van der Waals surface area (Å²) in [5, 5.41) is 3.24. The van der Waals surface area contributed by atoms with Crippen molar-refractivity contribution in [2.45, 2.75) is 44.7 Å². The summed E-state index contributed by atoms with van der Waals surface area (Å²) in [4.78, 5) is 17.2. The Morgan fingerprint density at radius 1 is 1.10 bits per heavy atom. The summed E-state index contributed by atoms with van der Waals surface area (Å²) in [6, 6.07) is 11.9. The van der Waals surface area contributed by atoms with Gasteiger partial charge in [-0.15, -0.1) is 0 Å². The molecule has 9 heteroatoms. The van der Waals surface area contributed by atoms with E-state index in [9.17, 15) is 13.2 Å². The van der Waals surface area contributed by atoms with Gasteiger partial charge in [-0.2, -0.15) is 4.31 Å². The van der Waals surface area contributed by atoms with Crippen molar-refractivity contribution >= 4 is 65.2 Å². The van der Waals surface area contributed by atoms with Crippen LogP contribution >= 0.6 is 33.9 Å². The fraction of sp³-hybridized carbons (Fsp3) is 0.300. The van der Waals surface area contributed by atoms with Crippen LogP contribution < -0.4 is 5.32 Å². The zero-order chi connectivity index (χ0) is 21.3. The lowest BCUT2D eigenvalue weighted by Crippen LogP contribution is -2.41. The SMILES string of the molecule is CC(C)N(C(C)C)S(=O)(=O)c1ccc2nc(NC(=O)c3ccccc3I)sc2c1. The van der Waals surface area contributed by atoms with Crippen molar-refractivity contribution in [1.82, 2.24) is 9.29 Å². The molecule has 0 radical (unpaired) electrons. The number of rotatable bonds is 6. The predicted molar refractivity (Wildman–Crippen MR) is 126 cm³/mol. The van der Waals surface area contributed by atoms with E-state index >= 15 is 0 Å². The van der Waals surface area contributed by atoms with Gasteiger partial charge in [0.05, 0.1) is 20.7 Å². The summed E-state index contributed by atoms with van der Waals surface area (Å²) in [7, 11) is -3.63. The lowest BCUT2D eigenvalue weighted by molar-refractivity contribution is 0.102. The standard InChI is InChI=1S/C20H22IN3O3S2/c1-12(2)24(13(3)4)29(26,27)14-9-10-17-18(11-14)28-20(22-17)23-19(25)15-7-5-6-8-16(15)21/h5-13H,1-4H3,(H,22,23,25). The van der Waals surface area contributed by atoms with E-state index in [1.807, 2.05) is 45.9 Å². The number of thiazole rings is 1. The molecule has 154 valence electrons. The highest BCUT2D eigenvalue weighted by Gasteiger charge is 2.29. The lowest BCUT2D eigenvalue weighted by atomic mass is 10.2. The second-order valence-corrected chi connectivity index (χ2v) is 11.1. The van der Waals surface area contributed by atoms with Gasteiger partial charge >= 0.3 is 0 Å². The third kappa shape index (κ3) is 4.62. The lowest BCUT2D eigenvalue weighted by Gasteiger charge is -2.29. The molecule has 0 saturated carbocycles. The van der Waals surface area contributed by atoms with Crippen molar-refractivity contribution in [2.75, 3.05) is 5.32 Å². The first-order valence-electron chi connectivity index (χ1n) is 9.11. The minimum absolute atomic E-state index is 0.152. The molecule has 0 aliphatic carbocycles. The average molecular weight is 543 g/mol. The number of carbonyl (C=O) groups excluding carboxylic acids is 1. The molecule has 0 atom stereocenters. The maximum Gasteiger partial charge on any atom is 0.258 e. The second kappa shape index (κ2) is 8.66. The molecule has 2 aromatic carbocycles. The van der Waals surface area contributed by atoms with Crippen molar-refractivity contribution < 1.29 is 13.2 Å². The molecule has 3 rings (SSSR count). The average Bonchev–Trinajstić information content (AvgIpc) is 3.02. The number of hydrogen-bond donors (Lipinski definition) is 1. The number of nitrogens with one attached hydrogen (secondary N) is 1. The Balaban J connectivity index is 1.93. The van der Waals surface area contributed by atoms with Crippen LogP contribution in [0, 0.1) is 3.57 Å². The molecule has 1 amide bonds. The third-order valence-corrected chi connectivity index (χ3v) is 8.41. The summed E-state index contributed by atoms with van der Waals surface area (Å²) in [6.07, 6.45) is 0. The molecular formula is C20H22IN3O3S2. The van der Waals surface area contributed by atoms with Crippen LogP contribution in [0.4, 0.5) is 5.13 Å². The van der Waals surface area contributed by atoms with E-state index < -0.39 is 10.0 Å². The molecule has 0 fully saturated rings. The highest BCUT2D eigenvalue weighted by atomic mass is 127. The summed E-state index contributed by atoms with van der Waals surface area (Å²) in [5.74, 6) is -0.243. The molecule has 1 aromatic heterocycles. The number of hydrogen-bond acceptors (Lipinski definition) is 5. The van der Waals surface area contributed by atoms with Gasteiger partial charge in [-0.1, -0.05) is 23.5 Å². The van der Waals surface area contributed by atoms with Crippen LogP contribution in [-0.4, -0.2) is 35.7 Å². The zero-order valence-corrected chi connectivity index (χ0v) is 20.3. The van der Waals surface area contributed by atoms with Crippen molar-refractivity contribution in [3.05, 3.63) is 51.6 Å². The Labute approximate surface area is 188 Å². The Morgan fingerprint density at radius 2 is 1.76 bits per heavy atom. The molecule has 1 N–H and O–H groups in total. The number of anilines is 1. The number of amides is 1. The number of fused-ring (bicyclic) bond motifs is 1. The summed E-state index contributed by atoms with van der Waals surface area (Å²) in [5.41, 5.74) is 1.22. The Kier molecular flexibility index (Phi) is 6.61. The molecule has 29 heavy (non-hydrogen) atoms. The third-order valence-electron chi connectivity index (χ3n) is 4.29. The van der Waals surface area contributed by atoms with E-state index in [0.29, 0.717) is 20.9 Å². The van der Waals surface area contributed by atoms with Crippen LogP contribution in [-0.2, 0) is 10.0 Å². The molecule has 0 aliphatic rings. The molecule has 0 unspecified atom stereocenters. The van der Waals surface area contributed by atoms with Gasteiger partial charge in [0.25, 0.3) is 5.91 Å². The van der Waals surface area contributed by atoms with Crippen LogP contribution in [0.25, 0.3) is 10.2 Å². The fourth-order valence-electron chi connectivity index (χ4n) is 3.20. The number of nitrogens with zero attached hydrogens (tertiary/aromatic N) is 2. The Bertz CT molecular complexity index is 1150. The van der Waals surface area contributed by atoms with Gasteiger partial charge in [-0.3, -0.25) is 10.1 Å². The predicted octanol–water partition coefficient (Wildman–Crippen LogP) is 4.96. The van der Waals surface area contributed by atoms with Crippen LogP contribution in [0.3, 0.4) is 0 Å². The minimum atomic E-state index is -3.63. The van der Waals surface area contributed by atoms with Crippen LogP contribution in [0.1, 0.15) is 38.1 Å². The topological polar surface area (TPSA) is 79.4 Å². The van der Waals surface area contributed by atoms with Crippen LogP contribution in [0.2, 0.25) is 0 Å². The van der Waals surface area contributed by atoms with Crippen LogP contribution in [0.15, 0.2) is 47.4 Å². The van der Waals surface area contributed by atoms with Gasteiger partial charge in [0.1, 0.15) is 0 Å². The Morgan fingerprint density at radius 3 is 2.38 bits per heavy atom. The van der Waals surface area contributed by atoms with Crippen molar-refractivity contribution in [2.24, 2.45) is 0 Å². The van der Waals surface area contributed by atoms with Gasteiger partial charge in [-0.05, 0) is 80.6 Å². The number of carbonyl (C=O) groups is 1. The quantitative estimate of drug-likeness (QED) is 0.446. The minimum Gasteiger partial charge on any atom is -0.298 e. The maximum atomic E-state index is 13.1. The molecular weight excluding hydrogens is 521 g/mol. The van der Waals surface area contributed by atoms with E-state index in [2.05, 4.69) is 32.9 Å². The molecule has 0 aliphatic heterocycles. The normalized spacial score (nSPS) is 12.3. The summed E-state index contributed by atoms with van der Waals surface area (Å²) >= 11 is 3.37. The van der Waals surface area contributed by atoms with Gasteiger partial charge in [0.15, 0.2) is 5.13 Å². The van der Waals surface area contributed by atoms with Gasteiger partial charge in [-0.25, -0.2) is 13.4 Å². The molecule has 0 bridgehead atoms. The first-order valence-corrected chi connectivity index (χ1v) is 12.4. The van der Waals surface area contributed by atoms with E-state index in [1.54, 1.807) is 24.3 Å². The second-order valence-electron chi connectivity index (χ2n) is 7.10. The fourth-order valence-corrected chi connectivity index (χ4v) is 6.67. The first kappa shape index (κ1) is 22.1. The maximum absolute atomic E-state index is 13.1. The number of sulfonamides is 1. The van der Waals surface area contributed by atoms with E-state index in [1.165, 1.54) is 15.6 Å². The molecule has 0 spiro atoms. The molecule has 3 aromatic rings. The highest BCUT2D eigenvalue weighted by Crippen LogP contribution is 2.30. The first-order chi connectivity index (χ1) is 13.6. The van der Waals surface area contributed by atoms with Gasteiger partial charge in [0.2, 0.25) is 10.0 Å². The molecule has 0 saturated heterocycles. The van der Waals surface area contributed by atoms with Crippen LogP contribution in [0.5, 0.6) is 0 Å². The number of aromatic nitrogens is 1. The largest absolute Gasteiger partial charge is 0.298 e. The zero-order valence-electron chi connectivity index (χ0n) is 16.5. The Hall–Kier alpha value is -1.56. The monoisotopic (exact) mass is 543 g/mol. The summed E-state index contributed by atoms with van der Waals surface area (Å²) < 4.78 is 29.3. The van der Waals surface area contributed by atoms with Gasteiger partial charge in [0, 0.05) is 15.7 Å². The van der Waals surface area contributed by atoms with E-state index in [4.69, 9.17) is 0 Å². The summed E-state index contributed by atoms with van der Waals surface area (Å²) in [6.45, 7) is 7.45. The highest BCUT2D eigenvalue weighted by molar-refractivity contribution is 14.1. The smallest absolute Gasteiger partial charge is 0.258 e. The number of halogens is 1. The molecule has 6 nitrogen and oxygen atoms in total. The van der Waals surface area contributed by atoms with E-state index in [-0.39, 0.29) is 22.9 Å². The van der Waals surface area contributed by atoms with E-state index in [0.717, 1.165) is 3.57 Å². The van der Waals surface area contributed by atoms with Crippen molar-refractivity contribution in [1.29, 1.82) is 0 Å².